The highest BCUT2D eigenvalue weighted by Crippen LogP contribution is 2.14. The van der Waals surface area contributed by atoms with E-state index in [2.05, 4.69) is 12.2 Å². The largest absolute Gasteiger partial charge is 0.385 e. The summed E-state index contributed by atoms with van der Waals surface area (Å²) in [5.74, 6) is -0.297. The van der Waals surface area contributed by atoms with Gasteiger partial charge in [0.25, 0.3) is 0 Å². The fourth-order valence-corrected chi connectivity index (χ4v) is 1.65. The van der Waals surface area contributed by atoms with E-state index in [0.717, 1.165) is 18.6 Å². The van der Waals surface area contributed by atoms with Crippen LogP contribution in [0.15, 0.2) is 18.2 Å². The lowest BCUT2D eigenvalue weighted by Gasteiger charge is -2.13. The van der Waals surface area contributed by atoms with Gasteiger partial charge in [0.15, 0.2) is 0 Å². The number of methoxy groups -OCH3 is 1. The predicted octanol–water partition coefficient (Wildman–Crippen LogP) is 2.99. The van der Waals surface area contributed by atoms with Gasteiger partial charge in [0.2, 0.25) is 0 Å². The molecule has 0 heterocycles. The first-order valence-corrected chi connectivity index (χ1v) is 5.67. The van der Waals surface area contributed by atoms with Gasteiger partial charge in [-0.25, -0.2) is 4.39 Å². The SMILES string of the molecule is COCCC(C)NCc1cc(F)cc(Cl)c1. The summed E-state index contributed by atoms with van der Waals surface area (Å²) < 4.78 is 18.0. The molecule has 2 nitrogen and oxygen atoms in total. The Kier molecular flexibility index (Phi) is 5.74. The van der Waals surface area contributed by atoms with Gasteiger partial charge < -0.3 is 10.1 Å². The van der Waals surface area contributed by atoms with Crippen LogP contribution in [0.25, 0.3) is 0 Å². The van der Waals surface area contributed by atoms with Gasteiger partial charge in [0, 0.05) is 31.3 Å². The number of benzene rings is 1. The molecule has 0 spiro atoms. The summed E-state index contributed by atoms with van der Waals surface area (Å²) in [6, 6.07) is 4.89. The minimum absolute atomic E-state index is 0.297. The van der Waals surface area contributed by atoms with Crippen molar-refractivity contribution in [1.29, 1.82) is 0 Å². The molecule has 0 saturated carbocycles. The molecule has 0 fully saturated rings. The summed E-state index contributed by atoms with van der Waals surface area (Å²) in [5, 5.41) is 3.71. The van der Waals surface area contributed by atoms with Crippen molar-refractivity contribution >= 4 is 11.6 Å². The van der Waals surface area contributed by atoms with Crippen molar-refractivity contribution < 1.29 is 9.13 Å². The maximum absolute atomic E-state index is 13.0. The third-order valence-corrected chi connectivity index (χ3v) is 2.55. The Labute approximate surface area is 101 Å². The summed E-state index contributed by atoms with van der Waals surface area (Å²) in [6.45, 7) is 3.40. The topological polar surface area (TPSA) is 21.3 Å². The molecule has 1 atom stereocenters. The van der Waals surface area contributed by atoms with Gasteiger partial charge in [-0.05, 0) is 37.1 Å². The highest BCUT2D eigenvalue weighted by Gasteiger charge is 2.03. The molecule has 16 heavy (non-hydrogen) atoms. The molecule has 0 bridgehead atoms. The second kappa shape index (κ2) is 6.84. The summed E-state index contributed by atoms with van der Waals surface area (Å²) in [4.78, 5) is 0. The van der Waals surface area contributed by atoms with Crippen molar-refractivity contribution in [3.63, 3.8) is 0 Å². The molecule has 1 rings (SSSR count). The van der Waals surface area contributed by atoms with Gasteiger partial charge >= 0.3 is 0 Å². The van der Waals surface area contributed by atoms with Crippen molar-refractivity contribution in [2.75, 3.05) is 13.7 Å². The third kappa shape index (κ3) is 4.92. The molecule has 0 radical (unpaired) electrons. The van der Waals surface area contributed by atoms with Crippen LogP contribution < -0.4 is 5.32 Å². The zero-order chi connectivity index (χ0) is 12.0. The second-order valence-corrected chi connectivity index (χ2v) is 4.28. The van der Waals surface area contributed by atoms with Crippen molar-refractivity contribution in [2.45, 2.75) is 25.9 Å². The first kappa shape index (κ1) is 13.4. The predicted molar refractivity (Wildman–Crippen MR) is 64.2 cm³/mol. The molecule has 0 saturated heterocycles. The molecule has 0 aliphatic rings. The molecular formula is C12H17ClFNO. The summed E-state index contributed by atoms with van der Waals surface area (Å²) >= 11 is 5.76. The molecule has 1 unspecified atom stereocenters. The zero-order valence-corrected chi connectivity index (χ0v) is 10.4. The van der Waals surface area contributed by atoms with E-state index in [1.807, 2.05) is 0 Å². The summed E-state index contributed by atoms with van der Waals surface area (Å²) in [7, 11) is 1.68. The Morgan fingerprint density at radius 1 is 1.44 bits per heavy atom. The summed E-state index contributed by atoms with van der Waals surface area (Å²) in [6.07, 6.45) is 0.930. The summed E-state index contributed by atoms with van der Waals surface area (Å²) in [5.41, 5.74) is 0.856. The fourth-order valence-electron chi connectivity index (χ4n) is 1.40. The van der Waals surface area contributed by atoms with Crippen molar-refractivity contribution in [2.24, 2.45) is 0 Å². The van der Waals surface area contributed by atoms with Crippen LogP contribution in [-0.2, 0) is 11.3 Å². The van der Waals surface area contributed by atoms with Crippen LogP contribution in [0.4, 0.5) is 4.39 Å². The average Bonchev–Trinajstić information content (AvgIpc) is 2.22. The van der Waals surface area contributed by atoms with Crippen LogP contribution in [0.5, 0.6) is 0 Å². The number of hydrogen-bond acceptors (Lipinski definition) is 2. The molecule has 0 aliphatic heterocycles. The number of halogens is 2. The van der Waals surface area contributed by atoms with E-state index in [4.69, 9.17) is 16.3 Å². The van der Waals surface area contributed by atoms with E-state index >= 15 is 0 Å². The minimum atomic E-state index is -0.297. The number of hydrogen-bond donors (Lipinski definition) is 1. The average molecular weight is 246 g/mol. The van der Waals surface area contributed by atoms with Crippen LogP contribution >= 0.6 is 11.6 Å². The molecule has 1 aromatic rings. The van der Waals surface area contributed by atoms with Crippen LogP contribution in [0.3, 0.4) is 0 Å². The second-order valence-electron chi connectivity index (χ2n) is 3.84. The third-order valence-electron chi connectivity index (χ3n) is 2.33. The van der Waals surface area contributed by atoms with Gasteiger partial charge in [-0.2, -0.15) is 0 Å². The first-order valence-electron chi connectivity index (χ1n) is 5.29. The first-order chi connectivity index (χ1) is 7.61. The van der Waals surface area contributed by atoms with Crippen molar-refractivity contribution in [1.82, 2.24) is 5.32 Å². The lowest BCUT2D eigenvalue weighted by Crippen LogP contribution is -2.26. The maximum atomic E-state index is 13.0. The van der Waals surface area contributed by atoms with Gasteiger partial charge in [-0.3, -0.25) is 0 Å². The normalized spacial score (nSPS) is 12.8. The highest BCUT2D eigenvalue weighted by molar-refractivity contribution is 6.30. The number of nitrogens with one attached hydrogen (secondary N) is 1. The monoisotopic (exact) mass is 245 g/mol. The van der Waals surface area contributed by atoms with Gasteiger partial charge in [0.05, 0.1) is 0 Å². The highest BCUT2D eigenvalue weighted by atomic mass is 35.5. The van der Waals surface area contributed by atoms with E-state index in [0.29, 0.717) is 17.6 Å². The molecule has 0 amide bonds. The molecule has 90 valence electrons. The van der Waals surface area contributed by atoms with Crippen LogP contribution in [0.1, 0.15) is 18.9 Å². The van der Waals surface area contributed by atoms with Gasteiger partial charge in [-0.15, -0.1) is 0 Å². The Balaban J connectivity index is 2.41. The van der Waals surface area contributed by atoms with Crippen LogP contribution in [0, 0.1) is 5.82 Å². The molecule has 1 aromatic carbocycles. The standard InChI is InChI=1S/C12H17ClFNO/c1-9(3-4-16-2)15-8-10-5-11(13)7-12(14)6-10/h5-7,9,15H,3-4,8H2,1-2H3. The lowest BCUT2D eigenvalue weighted by molar-refractivity contribution is 0.184. The van der Waals surface area contributed by atoms with E-state index in [-0.39, 0.29) is 5.82 Å². The Hall–Kier alpha value is -0.640. The molecule has 0 aliphatic carbocycles. The smallest absolute Gasteiger partial charge is 0.125 e. The number of ether oxygens (including phenoxy) is 1. The van der Waals surface area contributed by atoms with E-state index in [1.165, 1.54) is 12.1 Å². The van der Waals surface area contributed by atoms with Crippen LogP contribution in [-0.4, -0.2) is 19.8 Å². The Morgan fingerprint density at radius 2 is 2.19 bits per heavy atom. The van der Waals surface area contributed by atoms with Gasteiger partial charge in [-0.1, -0.05) is 11.6 Å². The molecule has 0 aromatic heterocycles. The fraction of sp³-hybridized carbons (Fsp3) is 0.500. The minimum Gasteiger partial charge on any atom is -0.385 e. The molecular weight excluding hydrogens is 229 g/mol. The zero-order valence-electron chi connectivity index (χ0n) is 9.59. The number of rotatable bonds is 6. The Bertz CT molecular complexity index is 313. The van der Waals surface area contributed by atoms with E-state index in [1.54, 1.807) is 13.2 Å². The van der Waals surface area contributed by atoms with Crippen molar-refractivity contribution in [3.05, 3.63) is 34.6 Å². The maximum Gasteiger partial charge on any atom is 0.125 e. The molecule has 4 heteroatoms. The van der Waals surface area contributed by atoms with E-state index in [9.17, 15) is 4.39 Å². The van der Waals surface area contributed by atoms with E-state index < -0.39 is 0 Å². The van der Waals surface area contributed by atoms with Crippen LogP contribution in [0.2, 0.25) is 5.02 Å². The molecule has 1 N–H and O–H groups in total. The quantitative estimate of drug-likeness (QED) is 0.832. The van der Waals surface area contributed by atoms with Crippen molar-refractivity contribution in [3.8, 4) is 0 Å². The lowest BCUT2D eigenvalue weighted by atomic mass is 10.2. The Morgan fingerprint density at radius 3 is 2.81 bits per heavy atom. The van der Waals surface area contributed by atoms with Gasteiger partial charge in [0.1, 0.15) is 5.82 Å².